The van der Waals surface area contributed by atoms with Crippen LogP contribution in [0.5, 0.6) is 0 Å². The molecule has 18 heavy (non-hydrogen) atoms. The molecule has 1 atom stereocenters. The summed E-state index contributed by atoms with van der Waals surface area (Å²) in [5, 5.41) is 9.00. The molecular weight excluding hydrogens is 240 g/mol. The third kappa shape index (κ3) is 9.83. The zero-order valence-corrected chi connectivity index (χ0v) is 10.8. The summed E-state index contributed by atoms with van der Waals surface area (Å²) in [5.41, 5.74) is 5.65. The highest BCUT2D eigenvalue weighted by molar-refractivity contribution is 5.75. The zero-order valence-electron chi connectivity index (χ0n) is 10.8. The standard InChI is InChI=1S/C11H22N2O5/c1-2-3-4-7-10(12)11(14)17-8-5-6-9-18-13(15)16/h10H,2-9,12H2,1H3. The lowest BCUT2D eigenvalue weighted by Gasteiger charge is -2.10. The molecule has 0 bridgehead atoms. The highest BCUT2D eigenvalue weighted by Crippen LogP contribution is 2.03. The van der Waals surface area contributed by atoms with Crippen LogP contribution in [0.4, 0.5) is 0 Å². The quantitative estimate of drug-likeness (QED) is 0.261. The van der Waals surface area contributed by atoms with Gasteiger partial charge in [0.25, 0.3) is 5.09 Å². The SMILES string of the molecule is CCCCCC(N)C(=O)OCCCCO[N+](=O)[O-]. The lowest BCUT2D eigenvalue weighted by Crippen LogP contribution is -2.32. The minimum absolute atomic E-state index is 0.0209. The van der Waals surface area contributed by atoms with Crippen molar-refractivity contribution in [3.8, 4) is 0 Å². The van der Waals surface area contributed by atoms with Crippen LogP contribution in [-0.2, 0) is 14.4 Å². The van der Waals surface area contributed by atoms with Gasteiger partial charge in [-0.3, -0.25) is 4.79 Å². The molecule has 0 aromatic heterocycles. The number of carbonyl (C=O) groups excluding carboxylic acids is 1. The van der Waals surface area contributed by atoms with Gasteiger partial charge < -0.3 is 15.3 Å². The maximum absolute atomic E-state index is 11.4. The molecule has 0 aliphatic heterocycles. The Morgan fingerprint density at radius 1 is 1.28 bits per heavy atom. The van der Waals surface area contributed by atoms with E-state index < -0.39 is 17.1 Å². The van der Waals surface area contributed by atoms with Crippen LogP contribution in [0.2, 0.25) is 0 Å². The van der Waals surface area contributed by atoms with Gasteiger partial charge in [0.05, 0.1) is 13.2 Å². The Hall–Kier alpha value is -1.37. The number of nitrogens with two attached hydrogens (primary N) is 1. The van der Waals surface area contributed by atoms with Crippen LogP contribution in [0.15, 0.2) is 0 Å². The molecule has 0 aromatic rings. The van der Waals surface area contributed by atoms with Crippen LogP contribution >= 0.6 is 0 Å². The Bertz CT molecular complexity index is 248. The molecule has 0 heterocycles. The van der Waals surface area contributed by atoms with Gasteiger partial charge in [-0.1, -0.05) is 26.2 Å². The Labute approximate surface area is 107 Å². The lowest BCUT2D eigenvalue weighted by molar-refractivity contribution is -0.757. The van der Waals surface area contributed by atoms with Gasteiger partial charge >= 0.3 is 5.97 Å². The second kappa shape index (κ2) is 10.8. The predicted molar refractivity (Wildman–Crippen MR) is 65.3 cm³/mol. The van der Waals surface area contributed by atoms with Crippen LogP contribution in [-0.4, -0.2) is 30.3 Å². The number of carbonyl (C=O) groups is 1. The van der Waals surface area contributed by atoms with Crippen LogP contribution in [0.3, 0.4) is 0 Å². The van der Waals surface area contributed by atoms with E-state index in [9.17, 15) is 14.9 Å². The average Bonchev–Trinajstić information content (AvgIpc) is 2.33. The molecule has 0 rings (SSSR count). The van der Waals surface area contributed by atoms with Crippen molar-refractivity contribution in [2.24, 2.45) is 5.73 Å². The largest absolute Gasteiger partial charge is 0.465 e. The Kier molecular flexibility index (Phi) is 9.94. The second-order valence-corrected chi connectivity index (χ2v) is 4.03. The molecule has 0 fully saturated rings. The number of hydrogen-bond acceptors (Lipinski definition) is 6. The van der Waals surface area contributed by atoms with E-state index in [1.165, 1.54) is 0 Å². The third-order valence-electron chi connectivity index (χ3n) is 2.40. The van der Waals surface area contributed by atoms with E-state index in [0.717, 1.165) is 19.3 Å². The van der Waals surface area contributed by atoms with Crippen LogP contribution in [0, 0.1) is 10.1 Å². The monoisotopic (exact) mass is 262 g/mol. The van der Waals surface area contributed by atoms with E-state index in [1.54, 1.807) is 0 Å². The van der Waals surface area contributed by atoms with Crippen molar-refractivity contribution in [2.75, 3.05) is 13.2 Å². The molecule has 0 aliphatic carbocycles. The van der Waals surface area contributed by atoms with Gasteiger partial charge in [-0.05, 0) is 19.3 Å². The lowest BCUT2D eigenvalue weighted by atomic mass is 10.1. The van der Waals surface area contributed by atoms with E-state index >= 15 is 0 Å². The summed E-state index contributed by atoms with van der Waals surface area (Å²) in [5.74, 6) is -0.402. The first-order valence-corrected chi connectivity index (χ1v) is 6.27. The fraction of sp³-hybridized carbons (Fsp3) is 0.909. The van der Waals surface area contributed by atoms with Crippen LogP contribution < -0.4 is 5.73 Å². The molecule has 0 radical (unpaired) electrons. The van der Waals surface area contributed by atoms with Crippen LogP contribution in [0.1, 0.15) is 45.4 Å². The highest BCUT2D eigenvalue weighted by atomic mass is 16.9. The number of unbranched alkanes of at least 4 members (excludes halogenated alkanes) is 3. The van der Waals surface area contributed by atoms with E-state index in [1.807, 2.05) is 0 Å². The smallest absolute Gasteiger partial charge is 0.322 e. The molecule has 7 nitrogen and oxygen atoms in total. The molecule has 7 heteroatoms. The van der Waals surface area contributed by atoms with Crippen molar-refractivity contribution in [3.05, 3.63) is 10.1 Å². The van der Waals surface area contributed by atoms with Gasteiger partial charge in [0, 0.05) is 0 Å². The fourth-order valence-corrected chi connectivity index (χ4v) is 1.36. The van der Waals surface area contributed by atoms with Gasteiger partial charge in [-0.25, -0.2) is 0 Å². The van der Waals surface area contributed by atoms with Crippen LogP contribution in [0.25, 0.3) is 0 Å². The summed E-state index contributed by atoms with van der Waals surface area (Å²) in [6.45, 7) is 2.32. The van der Waals surface area contributed by atoms with Gasteiger partial charge in [0.15, 0.2) is 0 Å². The molecule has 106 valence electrons. The molecule has 2 N–H and O–H groups in total. The minimum atomic E-state index is -0.838. The van der Waals surface area contributed by atoms with Gasteiger partial charge in [-0.2, -0.15) is 0 Å². The van der Waals surface area contributed by atoms with E-state index in [4.69, 9.17) is 10.5 Å². The molecule has 0 aliphatic rings. The first-order chi connectivity index (χ1) is 8.57. The first kappa shape index (κ1) is 16.6. The number of ether oxygens (including phenoxy) is 1. The summed E-state index contributed by atoms with van der Waals surface area (Å²) >= 11 is 0. The first-order valence-electron chi connectivity index (χ1n) is 6.27. The molecule has 0 saturated carbocycles. The topological polar surface area (TPSA) is 105 Å². The van der Waals surface area contributed by atoms with Crippen molar-refractivity contribution in [3.63, 3.8) is 0 Å². The number of hydrogen-bond donors (Lipinski definition) is 1. The molecule has 1 unspecified atom stereocenters. The summed E-state index contributed by atoms with van der Waals surface area (Å²) in [7, 11) is 0. The van der Waals surface area contributed by atoms with E-state index in [2.05, 4.69) is 11.8 Å². The summed E-state index contributed by atoms with van der Waals surface area (Å²) in [6, 6.07) is -0.563. The zero-order chi connectivity index (χ0) is 13.8. The van der Waals surface area contributed by atoms with Crippen molar-refractivity contribution in [2.45, 2.75) is 51.5 Å². The molecule has 0 amide bonds. The number of nitrogens with zero attached hydrogens (tertiary/aromatic N) is 1. The fourth-order valence-electron chi connectivity index (χ4n) is 1.36. The van der Waals surface area contributed by atoms with E-state index in [-0.39, 0.29) is 13.2 Å². The van der Waals surface area contributed by atoms with Gasteiger partial charge in [0.2, 0.25) is 0 Å². The summed E-state index contributed by atoms with van der Waals surface area (Å²) < 4.78 is 4.95. The molecule has 0 saturated heterocycles. The van der Waals surface area contributed by atoms with Gasteiger partial charge in [0.1, 0.15) is 6.04 Å². The Morgan fingerprint density at radius 2 is 1.94 bits per heavy atom. The Morgan fingerprint density at radius 3 is 2.56 bits per heavy atom. The highest BCUT2D eigenvalue weighted by Gasteiger charge is 2.13. The van der Waals surface area contributed by atoms with E-state index in [0.29, 0.717) is 19.3 Å². The van der Waals surface area contributed by atoms with Crippen molar-refractivity contribution in [1.29, 1.82) is 0 Å². The molecule has 0 aromatic carbocycles. The van der Waals surface area contributed by atoms with Crippen molar-refractivity contribution < 1.29 is 19.5 Å². The number of rotatable bonds is 11. The maximum Gasteiger partial charge on any atom is 0.322 e. The Balaban J connectivity index is 3.43. The normalized spacial score (nSPS) is 11.9. The maximum atomic E-state index is 11.4. The summed E-state index contributed by atoms with van der Waals surface area (Å²) in [6.07, 6.45) is 4.69. The third-order valence-corrected chi connectivity index (χ3v) is 2.40. The van der Waals surface area contributed by atoms with Crippen molar-refractivity contribution in [1.82, 2.24) is 0 Å². The molecular formula is C11H22N2O5. The summed E-state index contributed by atoms with van der Waals surface area (Å²) in [4.78, 5) is 25.3. The van der Waals surface area contributed by atoms with Crippen molar-refractivity contribution >= 4 is 5.97 Å². The predicted octanol–water partition coefficient (Wildman–Crippen LogP) is 1.43. The molecule has 0 spiro atoms. The minimum Gasteiger partial charge on any atom is -0.465 e. The number of esters is 1. The average molecular weight is 262 g/mol. The second-order valence-electron chi connectivity index (χ2n) is 4.03. The van der Waals surface area contributed by atoms with Gasteiger partial charge in [-0.15, -0.1) is 10.1 Å².